The first-order chi connectivity index (χ1) is 24.1. The average Bonchev–Trinajstić information content (AvgIpc) is 3.41. The molecule has 1 aliphatic carbocycles. The van der Waals surface area contributed by atoms with Crippen molar-refractivity contribution in [1.29, 1.82) is 0 Å². The minimum Gasteiger partial charge on any atom is -0.244 e. The van der Waals surface area contributed by atoms with Crippen LogP contribution < -0.4 is 0 Å². The number of hydrogen-bond acceptors (Lipinski definition) is 2. The molecule has 0 N–H and O–H groups in total. The van der Waals surface area contributed by atoms with Crippen molar-refractivity contribution in [2.75, 3.05) is 0 Å². The van der Waals surface area contributed by atoms with Gasteiger partial charge in [0, 0.05) is 16.5 Å². The van der Waals surface area contributed by atoms with Gasteiger partial charge in [-0.15, -0.1) is 0 Å². The van der Waals surface area contributed by atoms with Crippen LogP contribution in [0.2, 0.25) is 0 Å². The van der Waals surface area contributed by atoms with E-state index in [-0.39, 0.29) is 5.41 Å². The van der Waals surface area contributed by atoms with E-state index in [1.165, 1.54) is 60.1 Å². The summed E-state index contributed by atoms with van der Waals surface area (Å²) in [5, 5.41) is 7.84. The summed E-state index contributed by atoms with van der Waals surface area (Å²) >= 11 is 0. The molecule has 0 fully saturated rings. The lowest BCUT2D eigenvalue weighted by Gasteiger charge is -2.24. The predicted molar refractivity (Wildman–Crippen MR) is 206 cm³/mol. The summed E-state index contributed by atoms with van der Waals surface area (Å²) in [6.45, 7) is 4.77. The summed E-state index contributed by atoms with van der Waals surface area (Å²) in [6.07, 6.45) is 0. The number of fused-ring (bicyclic) bond motifs is 11. The van der Waals surface area contributed by atoms with Gasteiger partial charge in [0.2, 0.25) is 0 Å². The Morgan fingerprint density at radius 2 is 1.02 bits per heavy atom. The molecule has 1 aliphatic rings. The molecule has 0 spiro atoms. The van der Waals surface area contributed by atoms with Gasteiger partial charge in [0.15, 0.2) is 0 Å². The number of aromatic nitrogens is 2. The van der Waals surface area contributed by atoms with E-state index >= 15 is 0 Å². The van der Waals surface area contributed by atoms with Gasteiger partial charge in [-0.1, -0.05) is 153 Å². The highest BCUT2D eigenvalue weighted by Gasteiger charge is 2.38. The fourth-order valence-corrected chi connectivity index (χ4v) is 8.33. The van der Waals surface area contributed by atoms with E-state index < -0.39 is 0 Å². The molecule has 0 saturated heterocycles. The summed E-state index contributed by atoms with van der Waals surface area (Å²) < 4.78 is 0. The Kier molecular flexibility index (Phi) is 5.95. The van der Waals surface area contributed by atoms with Crippen LogP contribution in [-0.2, 0) is 5.41 Å². The van der Waals surface area contributed by atoms with Crippen molar-refractivity contribution in [3.8, 4) is 44.8 Å². The molecule has 1 aromatic heterocycles. The van der Waals surface area contributed by atoms with Crippen molar-refractivity contribution in [2.24, 2.45) is 0 Å². The van der Waals surface area contributed by atoms with E-state index in [9.17, 15) is 0 Å². The molecule has 0 saturated carbocycles. The zero-order chi connectivity index (χ0) is 32.7. The Morgan fingerprint density at radius 1 is 0.429 bits per heavy atom. The largest absolute Gasteiger partial charge is 0.244 e. The molecule has 0 amide bonds. The molecule has 0 unspecified atom stereocenters. The second-order valence-electron chi connectivity index (χ2n) is 13.7. The lowest BCUT2D eigenvalue weighted by molar-refractivity contribution is 0.666. The van der Waals surface area contributed by atoms with Gasteiger partial charge in [-0.25, -0.2) is 9.97 Å². The molecule has 0 aliphatic heterocycles. The molecule has 0 atom stereocenters. The number of rotatable bonds is 3. The lowest BCUT2D eigenvalue weighted by atomic mass is 9.78. The maximum absolute atomic E-state index is 5.25. The Hall–Kier alpha value is -6.12. The van der Waals surface area contributed by atoms with Gasteiger partial charge in [-0.2, -0.15) is 0 Å². The van der Waals surface area contributed by atoms with Crippen LogP contribution in [0.15, 0.2) is 158 Å². The summed E-state index contributed by atoms with van der Waals surface area (Å²) in [5.74, 6) is 0. The molecule has 8 aromatic carbocycles. The molecule has 49 heavy (non-hydrogen) atoms. The van der Waals surface area contributed by atoms with Gasteiger partial charge >= 0.3 is 0 Å². The third kappa shape index (κ3) is 4.14. The van der Waals surface area contributed by atoms with E-state index in [4.69, 9.17) is 9.97 Å². The fraction of sp³-hybridized carbons (Fsp3) is 0.0638. The summed E-state index contributed by atoms with van der Waals surface area (Å²) in [6, 6.07) is 56.7. The lowest BCUT2D eigenvalue weighted by Crippen LogP contribution is -2.15. The topological polar surface area (TPSA) is 25.8 Å². The molecular weight excluding hydrogens is 593 g/mol. The van der Waals surface area contributed by atoms with Crippen molar-refractivity contribution >= 4 is 43.4 Å². The summed E-state index contributed by atoms with van der Waals surface area (Å²) in [7, 11) is 0. The third-order valence-electron chi connectivity index (χ3n) is 10.6. The number of benzene rings is 8. The first-order valence-electron chi connectivity index (χ1n) is 17.0. The van der Waals surface area contributed by atoms with E-state index in [2.05, 4.69) is 159 Å². The van der Waals surface area contributed by atoms with Crippen LogP contribution >= 0.6 is 0 Å². The number of hydrogen-bond donors (Lipinski definition) is 0. The molecule has 0 bridgehead atoms. The third-order valence-corrected chi connectivity index (χ3v) is 10.6. The Bertz CT molecular complexity index is 2780. The zero-order valence-electron chi connectivity index (χ0n) is 27.4. The monoisotopic (exact) mass is 624 g/mol. The summed E-state index contributed by atoms with van der Waals surface area (Å²) in [4.78, 5) is 10.4. The first-order valence-corrected chi connectivity index (χ1v) is 17.0. The normalized spacial score (nSPS) is 13.3. The van der Waals surface area contributed by atoms with Gasteiger partial charge in [0.25, 0.3) is 0 Å². The Balaban J connectivity index is 1.16. The van der Waals surface area contributed by atoms with E-state index in [0.717, 1.165) is 39.1 Å². The van der Waals surface area contributed by atoms with Gasteiger partial charge in [-0.05, 0) is 83.9 Å². The van der Waals surface area contributed by atoms with Gasteiger partial charge < -0.3 is 0 Å². The molecule has 230 valence electrons. The quantitative estimate of drug-likeness (QED) is 0.183. The highest BCUT2D eigenvalue weighted by atomic mass is 14.8. The van der Waals surface area contributed by atoms with Crippen LogP contribution in [-0.4, -0.2) is 9.97 Å². The van der Waals surface area contributed by atoms with Crippen LogP contribution in [0, 0.1) is 0 Å². The van der Waals surface area contributed by atoms with Crippen LogP contribution in [0.3, 0.4) is 0 Å². The molecule has 10 rings (SSSR count). The first kappa shape index (κ1) is 27.9. The van der Waals surface area contributed by atoms with Crippen LogP contribution in [0.25, 0.3) is 88.1 Å². The van der Waals surface area contributed by atoms with Crippen LogP contribution in [0.5, 0.6) is 0 Å². The van der Waals surface area contributed by atoms with E-state index in [1.807, 2.05) is 12.1 Å². The van der Waals surface area contributed by atoms with Gasteiger partial charge in [-0.3, -0.25) is 0 Å². The van der Waals surface area contributed by atoms with Crippen molar-refractivity contribution < 1.29 is 0 Å². The standard InChI is InChI=1S/C47H32N2/c1-47(2)39-20-12-11-19-37(39)43-36-18-10-9-17-35(36)42-34-24-21-31(27-33(34)22-25-38(42)44(43)47)32-23-26-40-41(28-32)49-46(30-15-7-4-8-16-30)45(48-40)29-13-5-3-6-14-29/h3-28H,1-2H3. The molecule has 9 aromatic rings. The Morgan fingerprint density at radius 3 is 1.78 bits per heavy atom. The molecule has 2 nitrogen and oxygen atoms in total. The van der Waals surface area contributed by atoms with Crippen LogP contribution in [0.4, 0.5) is 0 Å². The number of nitrogens with zero attached hydrogens (tertiary/aromatic N) is 2. The predicted octanol–water partition coefficient (Wildman–Crippen LogP) is 12.4. The maximum atomic E-state index is 5.25. The minimum absolute atomic E-state index is 0.0903. The maximum Gasteiger partial charge on any atom is 0.0973 e. The molecule has 0 radical (unpaired) electrons. The highest BCUT2D eigenvalue weighted by molar-refractivity contribution is 6.26. The van der Waals surface area contributed by atoms with E-state index in [1.54, 1.807) is 0 Å². The van der Waals surface area contributed by atoms with Crippen molar-refractivity contribution in [3.63, 3.8) is 0 Å². The summed E-state index contributed by atoms with van der Waals surface area (Å²) in [5.41, 5.74) is 13.5. The van der Waals surface area contributed by atoms with Crippen molar-refractivity contribution in [3.05, 3.63) is 169 Å². The smallest absolute Gasteiger partial charge is 0.0973 e. The minimum atomic E-state index is -0.0903. The molecule has 2 heteroatoms. The second kappa shape index (κ2) is 10.4. The SMILES string of the molecule is CC1(C)c2ccccc2-c2c1c1ccc3cc(-c4ccc5nc(-c6ccccc6)c(-c6ccccc6)nc5c4)ccc3c1c1ccccc21. The van der Waals surface area contributed by atoms with Gasteiger partial charge in [0.05, 0.1) is 22.4 Å². The fourth-order valence-electron chi connectivity index (χ4n) is 8.33. The molecular formula is C47H32N2. The van der Waals surface area contributed by atoms with Gasteiger partial charge in [0.1, 0.15) is 0 Å². The van der Waals surface area contributed by atoms with Crippen molar-refractivity contribution in [1.82, 2.24) is 9.97 Å². The molecule has 1 heterocycles. The highest BCUT2D eigenvalue weighted by Crippen LogP contribution is 2.55. The zero-order valence-corrected chi connectivity index (χ0v) is 27.4. The second-order valence-corrected chi connectivity index (χ2v) is 13.7. The van der Waals surface area contributed by atoms with E-state index in [0.29, 0.717) is 0 Å². The van der Waals surface area contributed by atoms with Crippen LogP contribution in [0.1, 0.15) is 25.0 Å². The average molecular weight is 625 g/mol. The van der Waals surface area contributed by atoms with Crippen molar-refractivity contribution in [2.45, 2.75) is 19.3 Å². The Labute approximate surface area is 285 Å².